The smallest absolute Gasteiger partial charge is 0.223 e. The van der Waals surface area contributed by atoms with Crippen molar-refractivity contribution in [1.29, 1.82) is 0 Å². The molecule has 23 heavy (non-hydrogen) atoms. The molecule has 4 nitrogen and oxygen atoms in total. The lowest BCUT2D eigenvalue weighted by Crippen LogP contribution is -2.41. The van der Waals surface area contributed by atoms with Crippen LogP contribution in [0, 0.1) is 6.92 Å². The Morgan fingerprint density at radius 3 is 2.70 bits per heavy atom. The Hall–Kier alpha value is -1.39. The molecule has 1 atom stereocenters. The normalized spacial score (nSPS) is 17.3. The zero-order valence-electron chi connectivity index (χ0n) is 14.5. The van der Waals surface area contributed by atoms with E-state index >= 15 is 0 Å². The fourth-order valence-corrected chi connectivity index (χ4v) is 3.25. The second-order valence-corrected chi connectivity index (χ2v) is 6.55. The lowest BCUT2D eigenvalue weighted by molar-refractivity contribution is -0.134. The molecule has 0 spiro atoms. The van der Waals surface area contributed by atoms with Crippen LogP contribution in [0.1, 0.15) is 49.7 Å². The Bertz CT molecular complexity index is 496. The first-order valence-corrected chi connectivity index (χ1v) is 8.76. The molecule has 1 aromatic carbocycles. The van der Waals surface area contributed by atoms with Gasteiger partial charge in [-0.3, -0.25) is 4.79 Å². The summed E-state index contributed by atoms with van der Waals surface area (Å²) in [7, 11) is 0. The van der Waals surface area contributed by atoms with Crippen LogP contribution in [0.5, 0.6) is 0 Å². The van der Waals surface area contributed by atoms with E-state index in [1.165, 1.54) is 11.1 Å². The Balaban J connectivity index is 1.78. The van der Waals surface area contributed by atoms with Gasteiger partial charge >= 0.3 is 0 Å². The molecule has 1 unspecified atom stereocenters. The van der Waals surface area contributed by atoms with Crippen molar-refractivity contribution in [3.63, 3.8) is 0 Å². The number of aryl methyl sites for hydroxylation is 1. The Labute approximate surface area is 140 Å². The molecule has 1 saturated heterocycles. The maximum Gasteiger partial charge on any atom is 0.223 e. The Morgan fingerprint density at radius 2 is 2.04 bits per heavy atom. The number of nitrogens with zero attached hydrogens (tertiary/aromatic N) is 1. The van der Waals surface area contributed by atoms with Crippen molar-refractivity contribution < 1.29 is 9.53 Å². The van der Waals surface area contributed by atoms with E-state index in [-0.39, 0.29) is 11.8 Å². The summed E-state index contributed by atoms with van der Waals surface area (Å²) in [5.41, 5.74) is 8.02. The van der Waals surface area contributed by atoms with Crippen molar-refractivity contribution in [2.24, 2.45) is 5.73 Å². The van der Waals surface area contributed by atoms with Crippen LogP contribution in [0.2, 0.25) is 0 Å². The lowest BCUT2D eigenvalue weighted by Gasteiger charge is -2.32. The van der Waals surface area contributed by atoms with Gasteiger partial charge in [-0.2, -0.15) is 0 Å². The molecule has 2 N–H and O–H groups in total. The molecule has 2 rings (SSSR count). The van der Waals surface area contributed by atoms with Crippen LogP contribution >= 0.6 is 0 Å². The van der Waals surface area contributed by atoms with E-state index in [0.29, 0.717) is 19.1 Å². The molecule has 128 valence electrons. The summed E-state index contributed by atoms with van der Waals surface area (Å²) in [6, 6.07) is 8.33. The average molecular weight is 318 g/mol. The minimum Gasteiger partial charge on any atom is -0.378 e. The molecule has 0 bridgehead atoms. The first kappa shape index (κ1) is 18.0. The minimum absolute atomic E-state index is 0.265. The Morgan fingerprint density at radius 1 is 1.35 bits per heavy atom. The van der Waals surface area contributed by atoms with Crippen LogP contribution in [0.4, 0.5) is 0 Å². The van der Waals surface area contributed by atoms with Crippen LogP contribution in [-0.2, 0) is 9.53 Å². The SMILES string of the molecule is Cc1ccccc1C(C)CC(=O)N1CCC(OCCCN)CC1. The van der Waals surface area contributed by atoms with Gasteiger partial charge in [0.25, 0.3) is 0 Å². The molecule has 1 aromatic rings. The predicted octanol–water partition coefficient (Wildman–Crippen LogP) is 2.85. The van der Waals surface area contributed by atoms with E-state index in [4.69, 9.17) is 10.5 Å². The van der Waals surface area contributed by atoms with Crippen LogP contribution in [0.15, 0.2) is 24.3 Å². The molecule has 0 saturated carbocycles. The largest absolute Gasteiger partial charge is 0.378 e. The number of likely N-dealkylation sites (tertiary alicyclic amines) is 1. The van der Waals surface area contributed by atoms with Gasteiger partial charge in [-0.05, 0) is 49.8 Å². The number of rotatable bonds is 7. The van der Waals surface area contributed by atoms with Crippen molar-refractivity contribution in [2.75, 3.05) is 26.2 Å². The van der Waals surface area contributed by atoms with Crippen LogP contribution in [0.3, 0.4) is 0 Å². The highest BCUT2D eigenvalue weighted by atomic mass is 16.5. The van der Waals surface area contributed by atoms with Crippen LogP contribution in [0.25, 0.3) is 0 Å². The number of benzene rings is 1. The van der Waals surface area contributed by atoms with Crippen molar-refractivity contribution in [2.45, 2.75) is 51.6 Å². The molecule has 1 aliphatic rings. The third-order valence-electron chi connectivity index (χ3n) is 4.70. The summed E-state index contributed by atoms with van der Waals surface area (Å²) in [5, 5.41) is 0. The monoisotopic (exact) mass is 318 g/mol. The number of piperidine rings is 1. The van der Waals surface area contributed by atoms with Crippen LogP contribution in [-0.4, -0.2) is 43.2 Å². The van der Waals surface area contributed by atoms with Gasteiger partial charge in [-0.25, -0.2) is 0 Å². The number of carbonyl (C=O) groups is 1. The summed E-state index contributed by atoms with van der Waals surface area (Å²) >= 11 is 0. The summed E-state index contributed by atoms with van der Waals surface area (Å²) in [6.07, 6.45) is 3.67. The maximum atomic E-state index is 12.5. The Kier molecular flexibility index (Phi) is 7.06. The van der Waals surface area contributed by atoms with Gasteiger partial charge in [0.2, 0.25) is 5.91 Å². The predicted molar refractivity (Wildman–Crippen MR) is 93.4 cm³/mol. The van der Waals surface area contributed by atoms with Gasteiger partial charge < -0.3 is 15.4 Å². The number of carbonyl (C=O) groups excluding carboxylic acids is 1. The molecular formula is C19H30N2O2. The van der Waals surface area contributed by atoms with E-state index < -0.39 is 0 Å². The average Bonchev–Trinajstić information content (AvgIpc) is 2.56. The van der Waals surface area contributed by atoms with E-state index in [1.807, 2.05) is 17.0 Å². The molecule has 0 aliphatic carbocycles. The van der Waals surface area contributed by atoms with Crippen molar-refractivity contribution in [3.05, 3.63) is 35.4 Å². The number of hydrogen-bond donors (Lipinski definition) is 1. The van der Waals surface area contributed by atoms with E-state index in [9.17, 15) is 4.79 Å². The maximum absolute atomic E-state index is 12.5. The molecular weight excluding hydrogens is 288 g/mol. The van der Waals surface area contributed by atoms with Crippen molar-refractivity contribution in [3.8, 4) is 0 Å². The second kappa shape index (κ2) is 9.04. The second-order valence-electron chi connectivity index (χ2n) is 6.55. The zero-order chi connectivity index (χ0) is 16.7. The van der Waals surface area contributed by atoms with Gasteiger partial charge in [0.1, 0.15) is 0 Å². The van der Waals surface area contributed by atoms with E-state index in [2.05, 4.69) is 26.0 Å². The third kappa shape index (κ3) is 5.33. The molecule has 1 fully saturated rings. The van der Waals surface area contributed by atoms with Gasteiger partial charge in [-0.15, -0.1) is 0 Å². The molecule has 1 heterocycles. The van der Waals surface area contributed by atoms with Crippen molar-refractivity contribution in [1.82, 2.24) is 4.90 Å². The summed E-state index contributed by atoms with van der Waals surface area (Å²) < 4.78 is 5.80. The van der Waals surface area contributed by atoms with E-state index in [1.54, 1.807) is 0 Å². The summed E-state index contributed by atoms with van der Waals surface area (Å²) in [5.74, 6) is 0.531. The zero-order valence-corrected chi connectivity index (χ0v) is 14.5. The highest BCUT2D eigenvalue weighted by molar-refractivity contribution is 5.77. The van der Waals surface area contributed by atoms with Gasteiger partial charge in [0.05, 0.1) is 6.10 Å². The molecule has 0 radical (unpaired) electrons. The topological polar surface area (TPSA) is 55.6 Å². The standard InChI is InChI=1S/C19H30N2O2/c1-15-6-3-4-7-18(15)16(2)14-19(22)21-11-8-17(9-12-21)23-13-5-10-20/h3-4,6-7,16-17H,5,8-14,20H2,1-2H3. The van der Waals surface area contributed by atoms with Crippen molar-refractivity contribution >= 4 is 5.91 Å². The first-order valence-electron chi connectivity index (χ1n) is 8.76. The van der Waals surface area contributed by atoms with Gasteiger partial charge in [0, 0.05) is 26.1 Å². The number of hydrogen-bond acceptors (Lipinski definition) is 3. The molecule has 0 aromatic heterocycles. The highest BCUT2D eigenvalue weighted by Crippen LogP contribution is 2.24. The number of nitrogens with two attached hydrogens (primary N) is 1. The minimum atomic E-state index is 0.265. The quantitative estimate of drug-likeness (QED) is 0.787. The fourth-order valence-electron chi connectivity index (χ4n) is 3.25. The highest BCUT2D eigenvalue weighted by Gasteiger charge is 2.24. The third-order valence-corrected chi connectivity index (χ3v) is 4.70. The van der Waals surface area contributed by atoms with Crippen LogP contribution < -0.4 is 5.73 Å². The first-order chi connectivity index (χ1) is 11.1. The van der Waals surface area contributed by atoms with Gasteiger partial charge in [-0.1, -0.05) is 31.2 Å². The number of ether oxygens (including phenoxy) is 1. The lowest BCUT2D eigenvalue weighted by atomic mass is 9.93. The summed E-state index contributed by atoms with van der Waals surface area (Å²) in [4.78, 5) is 14.5. The molecule has 1 aliphatic heterocycles. The molecule has 1 amide bonds. The molecule has 4 heteroatoms. The number of amides is 1. The van der Waals surface area contributed by atoms with E-state index in [0.717, 1.165) is 39.0 Å². The summed E-state index contributed by atoms with van der Waals surface area (Å²) in [6.45, 7) is 7.29. The van der Waals surface area contributed by atoms with Gasteiger partial charge in [0.15, 0.2) is 0 Å². The fraction of sp³-hybridized carbons (Fsp3) is 0.632.